The first-order valence-electron chi connectivity index (χ1n) is 12.2. The third-order valence-corrected chi connectivity index (χ3v) is 8.02. The van der Waals surface area contributed by atoms with E-state index >= 15 is 0 Å². The lowest BCUT2D eigenvalue weighted by Gasteiger charge is -2.41. The number of thiophene rings is 1. The topological polar surface area (TPSA) is 88.2 Å². The summed E-state index contributed by atoms with van der Waals surface area (Å²) in [6.07, 6.45) is 2.24. The number of carbonyl (C=O) groups is 3. The van der Waals surface area contributed by atoms with Gasteiger partial charge in [-0.25, -0.2) is 4.79 Å². The molecule has 2 saturated heterocycles. The van der Waals surface area contributed by atoms with E-state index in [1.165, 1.54) is 4.90 Å². The summed E-state index contributed by atoms with van der Waals surface area (Å²) >= 11 is 1.54. The van der Waals surface area contributed by atoms with Gasteiger partial charge in [0, 0.05) is 18.0 Å². The molecule has 0 aliphatic carbocycles. The maximum Gasteiger partial charge on any atom is 0.325 e. The van der Waals surface area contributed by atoms with E-state index in [0.717, 1.165) is 10.4 Å². The highest BCUT2D eigenvalue weighted by Gasteiger charge is 2.56. The van der Waals surface area contributed by atoms with Crippen molar-refractivity contribution in [3.8, 4) is 11.5 Å². The molecule has 3 aliphatic heterocycles. The average molecular weight is 498 g/mol. The van der Waals surface area contributed by atoms with Crippen LogP contribution in [0.5, 0.6) is 11.5 Å². The van der Waals surface area contributed by atoms with Crippen LogP contribution in [0.1, 0.15) is 43.6 Å². The van der Waals surface area contributed by atoms with Crippen molar-refractivity contribution in [1.82, 2.24) is 15.1 Å². The van der Waals surface area contributed by atoms with Crippen LogP contribution in [0.15, 0.2) is 35.7 Å². The lowest BCUT2D eigenvalue weighted by molar-refractivity contribution is -0.136. The van der Waals surface area contributed by atoms with E-state index < -0.39 is 5.54 Å². The maximum absolute atomic E-state index is 13.7. The Morgan fingerprint density at radius 2 is 1.94 bits per heavy atom. The van der Waals surface area contributed by atoms with E-state index in [4.69, 9.17) is 9.47 Å². The predicted octanol–water partition coefficient (Wildman–Crippen LogP) is 3.79. The Bertz CT molecular complexity index is 1110. The predicted molar refractivity (Wildman–Crippen MR) is 131 cm³/mol. The largest absolute Gasteiger partial charge is 0.454 e. The smallest absolute Gasteiger partial charge is 0.325 e. The molecule has 1 aromatic carbocycles. The van der Waals surface area contributed by atoms with Gasteiger partial charge >= 0.3 is 6.03 Å². The number of benzene rings is 1. The number of piperidine rings is 1. The Hall–Kier alpha value is -3.07. The summed E-state index contributed by atoms with van der Waals surface area (Å²) in [6.45, 7) is 5.80. The second kappa shape index (κ2) is 9.53. The van der Waals surface area contributed by atoms with E-state index in [2.05, 4.69) is 19.2 Å². The molecule has 186 valence electrons. The molecule has 0 bridgehead atoms. The number of ether oxygens (including phenoxy) is 2. The molecule has 4 amide bonds. The Morgan fingerprint density at radius 1 is 1.17 bits per heavy atom. The first-order chi connectivity index (χ1) is 16.9. The molecule has 9 heteroatoms. The minimum absolute atomic E-state index is 0.00993. The highest BCUT2D eigenvalue weighted by Crippen LogP contribution is 2.39. The third-order valence-electron chi connectivity index (χ3n) is 7.16. The number of carbonyl (C=O) groups excluding carboxylic acids is 3. The minimum Gasteiger partial charge on any atom is -0.454 e. The summed E-state index contributed by atoms with van der Waals surface area (Å²) in [5.41, 5.74) is -0.0188. The monoisotopic (exact) mass is 497 g/mol. The van der Waals surface area contributed by atoms with Gasteiger partial charge in [-0.1, -0.05) is 26.0 Å². The molecule has 0 radical (unpaired) electrons. The molecule has 4 heterocycles. The number of urea groups is 1. The molecule has 1 atom stereocenters. The van der Waals surface area contributed by atoms with Crippen LogP contribution in [0.4, 0.5) is 4.79 Å². The van der Waals surface area contributed by atoms with E-state index in [1.807, 2.05) is 40.6 Å². The zero-order valence-electron chi connectivity index (χ0n) is 20.1. The standard InChI is InChI=1S/C26H31N3O5S/c1-17(2)14-26(24(31)29(25(32)27-26)15-20-4-3-11-35-20)19-7-9-28(10-8-19)23(30)13-18-5-6-21-22(12-18)34-16-33-21/h3-6,11-12,17,19H,7-10,13-16H2,1-2H3,(H,27,32)/t26-/m1/s1. The molecule has 1 N–H and O–H groups in total. The fourth-order valence-electron chi connectivity index (χ4n) is 5.53. The molecule has 2 aromatic rings. The van der Waals surface area contributed by atoms with Crippen LogP contribution >= 0.6 is 11.3 Å². The third kappa shape index (κ3) is 4.61. The Balaban J connectivity index is 1.25. The van der Waals surface area contributed by atoms with Gasteiger partial charge in [-0.2, -0.15) is 0 Å². The summed E-state index contributed by atoms with van der Waals surface area (Å²) in [5.74, 6) is 1.54. The van der Waals surface area contributed by atoms with Crippen LogP contribution in [0, 0.1) is 11.8 Å². The van der Waals surface area contributed by atoms with E-state index in [0.29, 0.717) is 56.8 Å². The molecule has 2 fully saturated rings. The number of hydrogen-bond acceptors (Lipinski definition) is 6. The lowest BCUT2D eigenvalue weighted by atomic mass is 9.73. The first kappa shape index (κ1) is 23.7. The summed E-state index contributed by atoms with van der Waals surface area (Å²) in [4.78, 5) is 43.8. The van der Waals surface area contributed by atoms with Crippen LogP contribution in [0.2, 0.25) is 0 Å². The van der Waals surface area contributed by atoms with Crippen LogP contribution in [0.25, 0.3) is 0 Å². The van der Waals surface area contributed by atoms with Crippen molar-refractivity contribution in [2.75, 3.05) is 19.9 Å². The molecular weight excluding hydrogens is 466 g/mol. The highest BCUT2D eigenvalue weighted by atomic mass is 32.1. The van der Waals surface area contributed by atoms with E-state index in [-0.39, 0.29) is 36.5 Å². The fourth-order valence-corrected chi connectivity index (χ4v) is 6.22. The number of nitrogens with zero attached hydrogens (tertiary/aromatic N) is 2. The van der Waals surface area contributed by atoms with Gasteiger partial charge in [0.1, 0.15) is 5.54 Å². The van der Waals surface area contributed by atoms with Gasteiger partial charge in [-0.15, -0.1) is 11.3 Å². The molecule has 0 unspecified atom stereocenters. The molecule has 0 saturated carbocycles. The van der Waals surface area contributed by atoms with Crippen LogP contribution in [0.3, 0.4) is 0 Å². The molecule has 5 rings (SSSR count). The normalized spacial score (nSPS) is 22.3. The summed E-state index contributed by atoms with van der Waals surface area (Å²) in [7, 11) is 0. The number of likely N-dealkylation sites (tertiary alicyclic amines) is 1. The van der Waals surface area contributed by atoms with Crippen molar-refractivity contribution < 1.29 is 23.9 Å². The highest BCUT2D eigenvalue weighted by molar-refractivity contribution is 7.09. The van der Waals surface area contributed by atoms with Gasteiger partial charge in [0.05, 0.1) is 13.0 Å². The lowest BCUT2D eigenvalue weighted by Crippen LogP contribution is -2.57. The van der Waals surface area contributed by atoms with E-state index in [1.54, 1.807) is 11.3 Å². The fraction of sp³-hybridized carbons (Fsp3) is 0.500. The zero-order valence-corrected chi connectivity index (χ0v) is 20.9. The molecule has 0 spiro atoms. The van der Waals surface area contributed by atoms with Crippen LogP contribution in [-0.2, 0) is 22.6 Å². The van der Waals surface area contributed by atoms with Gasteiger partial charge < -0.3 is 19.7 Å². The number of imide groups is 1. The van der Waals surface area contributed by atoms with Crippen molar-refractivity contribution >= 4 is 29.2 Å². The molecule has 3 aliphatic rings. The van der Waals surface area contributed by atoms with Crippen molar-refractivity contribution in [2.24, 2.45) is 11.8 Å². The molecule has 1 aromatic heterocycles. The molecule has 8 nitrogen and oxygen atoms in total. The van der Waals surface area contributed by atoms with Crippen molar-refractivity contribution in [2.45, 2.75) is 51.6 Å². The van der Waals surface area contributed by atoms with Gasteiger partial charge in [-0.05, 0) is 60.2 Å². The first-order valence-corrected chi connectivity index (χ1v) is 13.1. The molecule has 35 heavy (non-hydrogen) atoms. The van der Waals surface area contributed by atoms with Gasteiger partial charge in [0.25, 0.3) is 5.91 Å². The number of rotatable bonds is 7. The number of hydrogen-bond donors (Lipinski definition) is 1. The second-order valence-electron chi connectivity index (χ2n) is 9.99. The van der Waals surface area contributed by atoms with Crippen LogP contribution < -0.4 is 14.8 Å². The average Bonchev–Trinajstić information content (AvgIpc) is 3.57. The Morgan fingerprint density at radius 3 is 2.66 bits per heavy atom. The zero-order chi connectivity index (χ0) is 24.6. The number of fused-ring (bicyclic) bond motifs is 1. The Kier molecular flexibility index (Phi) is 6.44. The second-order valence-corrected chi connectivity index (χ2v) is 11.0. The van der Waals surface area contributed by atoms with Gasteiger partial charge in [-0.3, -0.25) is 14.5 Å². The van der Waals surface area contributed by atoms with E-state index in [9.17, 15) is 14.4 Å². The minimum atomic E-state index is -0.908. The number of nitrogens with one attached hydrogen (secondary N) is 1. The SMILES string of the molecule is CC(C)C[C@]1(C2CCN(C(=O)Cc3ccc4c(c3)OCO4)CC2)NC(=O)N(Cc2cccs2)C1=O. The van der Waals surface area contributed by atoms with Crippen molar-refractivity contribution in [1.29, 1.82) is 0 Å². The summed E-state index contributed by atoms with van der Waals surface area (Å²) in [6, 6.07) is 9.15. The summed E-state index contributed by atoms with van der Waals surface area (Å²) < 4.78 is 10.8. The van der Waals surface area contributed by atoms with Gasteiger partial charge in [0.15, 0.2) is 11.5 Å². The van der Waals surface area contributed by atoms with Crippen molar-refractivity contribution in [3.05, 3.63) is 46.2 Å². The Labute approximate surface area is 209 Å². The number of amides is 4. The molecular formula is C26H31N3O5S. The van der Waals surface area contributed by atoms with Crippen molar-refractivity contribution in [3.63, 3.8) is 0 Å². The summed E-state index contributed by atoms with van der Waals surface area (Å²) in [5, 5.41) is 5.05. The van der Waals surface area contributed by atoms with Gasteiger partial charge in [0.2, 0.25) is 12.7 Å². The van der Waals surface area contributed by atoms with Crippen LogP contribution in [-0.4, -0.2) is 53.1 Å². The maximum atomic E-state index is 13.7. The quantitative estimate of drug-likeness (QED) is 0.588.